The van der Waals surface area contributed by atoms with Crippen LogP contribution in [0.2, 0.25) is 0 Å². The number of hydrogen-bond donors (Lipinski definition) is 0. The Kier molecular flexibility index (Phi) is 2.13. The fourth-order valence-electron chi connectivity index (χ4n) is 1.95. The lowest BCUT2D eigenvalue weighted by molar-refractivity contribution is 0.757. The molecule has 6 heteroatoms. The zero-order valence-corrected chi connectivity index (χ0v) is 9.99. The molecule has 0 bridgehead atoms. The Morgan fingerprint density at radius 2 is 2.11 bits per heavy atom. The molecule has 3 heterocycles. The van der Waals surface area contributed by atoms with Crippen molar-refractivity contribution < 1.29 is 0 Å². The summed E-state index contributed by atoms with van der Waals surface area (Å²) in [4.78, 5) is 0. The van der Waals surface area contributed by atoms with E-state index in [1.165, 1.54) is 0 Å². The van der Waals surface area contributed by atoms with Crippen molar-refractivity contribution in [1.82, 2.24) is 24.4 Å². The first-order valence-electron chi connectivity index (χ1n) is 5.45. The van der Waals surface area contributed by atoms with Crippen molar-refractivity contribution in [3.05, 3.63) is 35.7 Å². The lowest BCUT2D eigenvalue weighted by Crippen LogP contribution is -1.98. The first kappa shape index (κ1) is 10.5. The van der Waals surface area contributed by atoms with Crippen LogP contribution in [0.25, 0.3) is 17.2 Å². The Hall–Kier alpha value is -2.68. The highest BCUT2D eigenvalue weighted by Gasteiger charge is 2.12. The highest BCUT2D eigenvalue weighted by molar-refractivity contribution is 5.57. The molecule has 3 aromatic heterocycles. The second-order valence-corrected chi connectivity index (χ2v) is 4.08. The summed E-state index contributed by atoms with van der Waals surface area (Å²) in [6.45, 7) is 1.92. The average molecular weight is 238 g/mol. The quantitative estimate of drug-likeness (QED) is 0.640. The van der Waals surface area contributed by atoms with E-state index in [9.17, 15) is 0 Å². The summed E-state index contributed by atoms with van der Waals surface area (Å²) in [7, 11) is 1.86. The minimum absolute atomic E-state index is 0.572. The van der Waals surface area contributed by atoms with Gasteiger partial charge in [0.25, 0.3) is 0 Å². The van der Waals surface area contributed by atoms with E-state index in [0.717, 1.165) is 11.4 Å². The number of rotatable bonds is 1. The van der Waals surface area contributed by atoms with E-state index in [2.05, 4.69) is 21.4 Å². The molecule has 0 atom stereocenters. The maximum Gasteiger partial charge on any atom is 0.186 e. The Morgan fingerprint density at radius 3 is 2.78 bits per heavy atom. The Balaban J connectivity index is 2.30. The van der Waals surface area contributed by atoms with E-state index >= 15 is 0 Å². The van der Waals surface area contributed by atoms with Gasteiger partial charge in [0.2, 0.25) is 0 Å². The van der Waals surface area contributed by atoms with Crippen LogP contribution in [0.15, 0.2) is 24.4 Å². The molecule has 0 amide bonds. The zero-order chi connectivity index (χ0) is 12.7. The summed E-state index contributed by atoms with van der Waals surface area (Å²) in [5.74, 6) is 0.685. The van der Waals surface area contributed by atoms with Gasteiger partial charge in [0.05, 0.1) is 11.3 Å². The van der Waals surface area contributed by atoms with E-state index < -0.39 is 0 Å². The third-order valence-electron chi connectivity index (χ3n) is 2.76. The summed E-state index contributed by atoms with van der Waals surface area (Å²) in [5.41, 5.74) is 3.07. The van der Waals surface area contributed by atoms with Crippen molar-refractivity contribution in [3.8, 4) is 17.6 Å². The van der Waals surface area contributed by atoms with E-state index in [1.54, 1.807) is 27.4 Å². The lowest BCUT2D eigenvalue weighted by Gasteiger charge is -2.00. The summed E-state index contributed by atoms with van der Waals surface area (Å²) in [6.07, 6.45) is 1.73. The smallest absolute Gasteiger partial charge is 0.186 e. The minimum atomic E-state index is 0.572. The van der Waals surface area contributed by atoms with Gasteiger partial charge in [-0.05, 0) is 25.1 Å². The third-order valence-corrected chi connectivity index (χ3v) is 2.76. The molecule has 0 saturated carbocycles. The van der Waals surface area contributed by atoms with Gasteiger partial charge in [0.15, 0.2) is 11.5 Å². The third kappa shape index (κ3) is 1.45. The molecule has 0 radical (unpaired) electrons. The van der Waals surface area contributed by atoms with Gasteiger partial charge in [0.1, 0.15) is 11.8 Å². The number of hydrogen-bond acceptors (Lipinski definition) is 4. The van der Waals surface area contributed by atoms with Gasteiger partial charge in [-0.15, -0.1) is 10.2 Å². The van der Waals surface area contributed by atoms with Gasteiger partial charge in [-0.1, -0.05) is 0 Å². The maximum atomic E-state index is 8.93. The van der Waals surface area contributed by atoms with Gasteiger partial charge >= 0.3 is 0 Å². The van der Waals surface area contributed by atoms with Crippen molar-refractivity contribution in [2.75, 3.05) is 0 Å². The molecular formula is C12H10N6. The highest BCUT2D eigenvalue weighted by atomic mass is 15.3. The van der Waals surface area contributed by atoms with Crippen LogP contribution >= 0.6 is 0 Å². The molecule has 18 heavy (non-hydrogen) atoms. The van der Waals surface area contributed by atoms with Crippen LogP contribution in [-0.2, 0) is 7.05 Å². The Labute approximate surface area is 103 Å². The van der Waals surface area contributed by atoms with Crippen LogP contribution in [-0.4, -0.2) is 24.4 Å². The molecule has 0 N–H and O–H groups in total. The first-order chi connectivity index (χ1) is 8.69. The normalized spacial score (nSPS) is 10.7. The molecule has 0 aliphatic carbocycles. The van der Waals surface area contributed by atoms with Gasteiger partial charge in [-0.25, -0.2) is 0 Å². The highest BCUT2D eigenvalue weighted by Crippen LogP contribution is 2.19. The van der Waals surface area contributed by atoms with E-state index in [0.29, 0.717) is 17.0 Å². The SMILES string of the molecule is Cc1cc(-c2nnc3ccc(C#N)cn23)n(C)n1. The molecule has 0 fully saturated rings. The first-order valence-corrected chi connectivity index (χ1v) is 5.45. The summed E-state index contributed by atoms with van der Waals surface area (Å²) in [6, 6.07) is 7.55. The fraction of sp³-hybridized carbons (Fsp3) is 0.167. The Bertz CT molecular complexity index is 774. The molecule has 0 spiro atoms. The molecule has 88 valence electrons. The number of pyridine rings is 1. The van der Waals surface area contributed by atoms with Gasteiger partial charge in [-0.3, -0.25) is 9.08 Å². The lowest BCUT2D eigenvalue weighted by atomic mass is 10.3. The number of aromatic nitrogens is 5. The second kappa shape index (κ2) is 3.67. The molecule has 0 aliphatic heterocycles. The maximum absolute atomic E-state index is 8.93. The number of aryl methyl sites for hydroxylation is 2. The standard InChI is InChI=1S/C12H10N6/c1-8-5-10(17(2)16-8)12-15-14-11-4-3-9(6-13)7-18(11)12/h3-5,7H,1-2H3. The van der Waals surface area contributed by atoms with Crippen LogP contribution in [0.5, 0.6) is 0 Å². The van der Waals surface area contributed by atoms with Crippen LogP contribution in [0.4, 0.5) is 0 Å². The summed E-state index contributed by atoms with van der Waals surface area (Å²) >= 11 is 0. The number of fused-ring (bicyclic) bond motifs is 1. The minimum Gasteiger partial charge on any atom is -0.280 e. The molecule has 0 saturated heterocycles. The topological polar surface area (TPSA) is 71.8 Å². The van der Waals surface area contributed by atoms with Gasteiger partial charge in [-0.2, -0.15) is 10.4 Å². The molecule has 0 unspecified atom stereocenters. The fourth-order valence-corrected chi connectivity index (χ4v) is 1.95. The van der Waals surface area contributed by atoms with Crippen molar-refractivity contribution in [3.63, 3.8) is 0 Å². The average Bonchev–Trinajstić information content (AvgIpc) is 2.91. The van der Waals surface area contributed by atoms with Gasteiger partial charge < -0.3 is 0 Å². The number of nitrogens with zero attached hydrogens (tertiary/aromatic N) is 6. The monoisotopic (exact) mass is 238 g/mol. The Morgan fingerprint density at radius 1 is 1.28 bits per heavy atom. The molecule has 0 aromatic carbocycles. The van der Waals surface area contributed by atoms with Crippen LogP contribution in [0.1, 0.15) is 11.3 Å². The van der Waals surface area contributed by atoms with Crippen molar-refractivity contribution >= 4 is 5.65 Å². The predicted octanol–water partition coefficient (Wildman–Crippen LogP) is 1.31. The van der Waals surface area contributed by atoms with E-state index in [4.69, 9.17) is 5.26 Å². The van der Waals surface area contributed by atoms with Crippen molar-refractivity contribution in [2.45, 2.75) is 6.92 Å². The summed E-state index contributed by atoms with van der Waals surface area (Å²) < 4.78 is 3.56. The second-order valence-electron chi connectivity index (χ2n) is 4.08. The summed E-state index contributed by atoms with van der Waals surface area (Å²) in [5, 5.41) is 21.5. The van der Waals surface area contributed by atoms with Crippen LogP contribution in [0, 0.1) is 18.3 Å². The van der Waals surface area contributed by atoms with Crippen LogP contribution in [0.3, 0.4) is 0 Å². The predicted molar refractivity (Wildman–Crippen MR) is 64.6 cm³/mol. The van der Waals surface area contributed by atoms with Crippen LogP contribution < -0.4 is 0 Å². The zero-order valence-electron chi connectivity index (χ0n) is 9.99. The van der Waals surface area contributed by atoms with Crippen molar-refractivity contribution in [1.29, 1.82) is 5.26 Å². The molecule has 3 rings (SSSR count). The molecule has 3 aromatic rings. The van der Waals surface area contributed by atoms with Crippen molar-refractivity contribution in [2.24, 2.45) is 7.05 Å². The largest absolute Gasteiger partial charge is 0.280 e. The van der Waals surface area contributed by atoms with E-state index in [1.807, 2.05) is 20.0 Å². The van der Waals surface area contributed by atoms with E-state index in [-0.39, 0.29) is 0 Å². The molecule has 6 nitrogen and oxygen atoms in total. The van der Waals surface area contributed by atoms with Gasteiger partial charge in [0, 0.05) is 13.2 Å². The number of nitriles is 1. The molecule has 0 aliphatic rings. The molecular weight excluding hydrogens is 228 g/mol.